The average Bonchev–Trinajstić information content (AvgIpc) is 3.12. The Bertz CT molecular complexity index is 527. The summed E-state index contributed by atoms with van der Waals surface area (Å²) >= 11 is 0. The molecule has 0 radical (unpaired) electrons. The van der Waals surface area contributed by atoms with Crippen molar-refractivity contribution < 1.29 is 9.59 Å². The molecule has 1 fully saturated rings. The van der Waals surface area contributed by atoms with Gasteiger partial charge in [-0.3, -0.25) is 9.59 Å². The number of hydrogen-bond donors (Lipinski definition) is 2. The summed E-state index contributed by atoms with van der Waals surface area (Å²) < 4.78 is 0. The lowest BCUT2D eigenvalue weighted by Gasteiger charge is -2.29. The highest BCUT2D eigenvalue weighted by atomic mass is 16.2. The Morgan fingerprint density at radius 1 is 1.24 bits per heavy atom. The molecule has 1 aromatic rings. The zero-order valence-electron chi connectivity index (χ0n) is 12.0. The lowest BCUT2D eigenvalue weighted by Crippen LogP contribution is -2.48. The maximum absolute atomic E-state index is 12.8. The highest BCUT2D eigenvalue weighted by Crippen LogP contribution is 2.28. The molecule has 2 aliphatic rings. The molecular formula is C16H21N3O2. The molecule has 3 rings (SSSR count). The molecule has 5 heteroatoms. The van der Waals surface area contributed by atoms with E-state index in [1.807, 2.05) is 12.1 Å². The number of carbonyl (C=O) groups is 2. The summed E-state index contributed by atoms with van der Waals surface area (Å²) in [5.74, 6) is -0.424. The number of fused-ring (bicyclic) bond motifs is 1. The van der Waals surface area contributed by atoms with Crippen LogP contribution in [0.1, 0.15) is 17.5 Å². The lowest BCUT2D eigenvalue weighted by atomic mass is 10.0. The van der Waals surface area contributed by atoms with Crippen molar-refractivity contribution in [3.05, 3.63) is 35.4 Å². The van der Waals surface area contributed by atoms with Crippen molar-refractivity contribution in [3.63, 3.8) is 0 Å². The molecule has 0 saturated carbocycles. The standard InChI is InChI=1S/C16H21N3O2/c17-15(20)10-19(14-5-6-18-9-14)16(21)13-7-11-3-1-2-4-12(11)8-13/h1-4,13-14,18H,5-10H2,(H2,17,20). The molecule has 5 nitrogen and oxygen atoms in total. The van der Waals surface area contributed by atoms with Crippen molar-refractivity contribution in [2.24, 2.45) is 11.7 Å². The van der Waals surface area contributed by atoms with E-state index in [-0.39, 0.29) is 24.4 Å². The van der Waals surface area contributed by atoms with E-state index in [2.05, 4.69) is 17.4 Å². The number of primary amides is 1. The Kier molecular flexibility index (Phi) is 3.92. The maximum atomic E-state index is 12.8. The smallest absolute Gasteiger partial charge is 0.237 e. The van der Waals surface area contributed by atoms with Gasteiger partial charge in [-0.1, -0.05) is 24.3 Å². The highest BCUT2D eigenvalue weighted by Gasteiger charge is 2.35. The predicted molar refractivity (Wildman–Crippen MR) is 79.5 cm³/mol. The molecule has 1 aromatic carbocycles. The Hall–Kier alpha value is -1.88. The van der Waals surface area contributed by atoms with E-state index in [4.69, 9.17) is 5.73 Å². The molecule has 1 aliphatic carbocycles. The van der Waals surface area contributed by atoms with Crippen LogP contribution in [-0.4, -0.2) is 42.4 Å². The van der Waals surface area contributed by atoms with Crippen molar-refractivity contribution in [1.82, 2.24) is 10.2 Å². The van der Waals surface area contributed by atoms with Crippen LogP contribution < -0.4 is 11.1 Å². The molecule has 1 aliphatic heterocycles. The number of nitrogens with one attached hydrogen (secondary N) is 1. The zero-order chi connectivity index (χ0) is 14.8. The molecule has 1 unspecified atom stereocenters. The molecule has 0 bridgehead atoms. The number of nitrogens with zero attached hydrogens (tertiary/aromatic N) is 1. The fourth-order valence-corrected chi connectivity index (χ4v) is 3.43. The molecule has 3 N–H and O–H groups in total. The van der Waals surface area contributed by atoms with Gasteiger partial charge in [0, 0.05) is 18.5 Å². The van der Waals surface area contributed by atoms with Crippen molar-refractivity contribution in [2.45, 2.75) is 25.3 Å². The Morgan fingerprint density at radius 2 is 1.90 bits per heavy atom. The van der Waals surface area contributed by atoms with E-state index in [0.29, 0.717) is 0 Å². The van der Waals surface area contributed by atoms with Crippen LogP contribution in [0.5, 0.6) is 0 Å². The second kappa shape index (κ2) is 5.85. The molecule has 2 amide bonds. The van der Waals surface area contributed by atoms with Crippen LogP contribution in [0.15, 0.2) is 24.3 Å². The first kappa shape index (κ1) is 14.1. The second-order valence-electron chi connectivity index (χ2n) is 5.95. The highest BCUT2D eigenvalue weighted by molar-refractivity contribution is 5.86. The summed E-state index contributed by atoms with van der Waals surface area (Å²) in [6.07, 6.45) is 2.42. The lowest BCUT2D eigenvalue weighted by molar-refractivity contribution is -0.140. The maximum Gasteiger partial charge on any atom is 0.237 e. The van der Waals surface area contributed by atoms with E-state index < -0.39 is 5.91 Å². The first-order valence-corrected chi connectivity index (χ1v) is 7.51. The van der Waals surface area contributed by atoms with Gasteiger partial charge in [-0.2, -0.15) is 0 Å². The quantitative estimate of drug-likeness (QED) is 0.823. The first-order chi connectivity index (χ1) is 10.1. The molecule has 1 saturated heterocycles. The number of amides is 2. The molecule has 1 atom stereocenters. The third kappa shape index (κ3) is 2.93. The van der Waals surface area contributed by atoms with Crippen LogP contribution >= 0.6 is 0 Å². The number of carbonyl (C=O) groups excluding carboxylic acids is 2. The van der Waals surface area contributed by atoms with Crippen LogP contribution in [0.4, 0.5) is 0 Å². The largest absolute Gasteiger partial charge is 0.368 e. The molecular weight excluding hydrogens is 266 g/mol. The average molecular weight is 287 g/mol. The van der Waals surface area contributed by atoms with Gasteiger partial charge in [0.1, 0.15) is 0 Å². The molecule has 1 heterocycles. The Morgan fingerprint density at radius 3 is 2.43 bits per heavy atom. The van der Waals surface area contributed by atoms with E-state index >= 15 is 0 Å². The number of benzene rings is 1. The van der Waals surface area contributed by atoms with Gasteiger partial charge in [0.15, 0.2) is 0 Å². The summed E-state index contributed by atoms with van der Waals surface area (Å²) in [5.41, 5.74) is 7.83. The van der Waals surface area contributed by atoms with Gasteiger partial charge in [-0.25, -0.2) is 0 Å². The van der Waals surface area contributed by atoms with Crippen LogP contribution in [0, 0.1) is 5.92 Å². The second-order valence-corrected chi connectivity index (χ2v) is 5.95. The molecule has 112 valence electrons. The van der Waals surface area contributed by atoms with E-state index in [1.54, 1.807) is 4.90 Å². The van der Waals surface area contributed by atoms with Crippen molar-refractivity contribution in [1.29, 1.82) is 0 Å². The minimum Gasteiger partial charge on any atom is -0.368 e. The summed E-state index contributed by atoms with van der Waals surface area (Å²) in [4.78, 5) is 25.8. The van der Waals surface area contributed by atoms with Gasteiger partial charge < -0.3 is 16.0 Å². The van der Waals surface area contributed by atoms with Gasteiger partial charge in [0.2, 0.25) is 11.8 Å². The van der Waals surface area contributed by atoms with Crippen molar-refractivity contribution in [2.75, 3.05) is 19.6 Å². The summed E-state index contributed by atoms with van der Waals surface area (Å²) in [5, 5.41) is 3.24. The van der Waals surface area contributed by atoms with Gasteiger partial charge in [0.25, 0.3) is 0 Å². The topological polar surface area (TPSA) is 75.4 Å². The Labute approximate surface area is 124 Å². The fraction of sp³-hybridized carbons (Fsp3) is 0.500. The van der Waals surface area contributed by atoms with E-state index in [0.717, 1.165) is 32.4 Å². The number of rotatable bonds is 4. The predicted octanol–water partition coefficient (Wildman–Crippen LogP) is 0.0772. The Balaban J connectivity index is 1.74. The molecule has 0 spiro atoms. The number of nitrogens with two attached hydrogens (primary N) is 1. The fourth-order valence-electron chi connectivity index (χ4n) is 3.43. The summed E-state index contributed by atoms with van der Waals surface area (Å²) in [6, 6.07) is 8.27. The zero-order valence-corrected chi connectivity index (χ0v) is 12.0. The van der Waals surface area contributed by atoms with Gasteiger partial charge in [-0.05, 0) is 36.9 Å². The van der Waals surface area contributed by atoms with Gasteiger partial charge >= 0.3 is 0 Å². The first-order valence-electron chi connectivity index (χ1n) is 7.51. The third-order valence-corrected chi connectivity index (χ3v) is 4.48. The van der Waals surface area contributed by atoms with Crippen LogP contribution in [-0.2, 0) is 22.4 Å². The SMILES string of the molecule is NC(=O)CN(C(=O)C1Cc2ccccc2C1)C1CCNC1. The summed E-state index contributed by atoms with van der Waals surface area (Å²) in [6.45, 7) is 1.66. The normalized spacial score (nSPS) is 21.2. The summed E-state index contributed by atoms with van der Waals surface area (Å²) in [7, 11) is 0. The van der Waals surface area contributed by atoms with Crippen LogP contribution in [0.25, 0.3) is 0 Å². The third-order valence-electron chi connectivity index (χ3n) is 4.48. The molecule has 0 aromatic heterocycles. The van der Waals surface area contributed by atoms with E-state index in [9.17, 15) is 9.59 Å². The van der Waals surface area contributed by atoms with Crippen molar-refractivity contribution >= 4 is 11.8 Å². The van der Waals surface area contributed by atoms with Crippen LogP contribution in [0.3, 0.4) is 0 Å². The molecule has 21 heavy (non-hydrogen) atoms. The van der Waals surface area contributed by atoms with Gasteiger partial charge in [-0.15, -0.1) is 0 Å². The minimum absolute atomic E-state index is 0.0258. The van der Waals surface area contributed by atoms with Crippen molar-refractivity contribution in [3.8, 4) is 0 Å². The van der Waals surface area contributed by atoms with E-state index in [1.165, 1.54) is 11.1 Å². The van der Waals surface area contributed by atoms with Gasteiger partial charge in [0.05, 0.1) is 6.54 Å². The number of hydrogen-bond acceptors (Lipinski definition) is 3. The van der Waals surface area contributed by atoms with Crippen LogP contribution in [0.2, 0.25) is 0 Å². The minimum atomic E-state index is -0.439. The monoisotopic (exact) mass is 287 g/mol.